The molecule has 4 saturated carbocycles. The minimum Gasteiger partial charge on any atom is -0.506 e. The van der Waals surface area contributed by atoms with E-state index < -0.39 is 0 Å². The van der Waals surface area contributed by atoms with Gasteiger partial charge >= 0.3 is 0 Å². The molecule has 1 heterocycles. The van der Waals surface area contributed by atoms with E-state index in [1.165, 1.54) is 19.3 Å². The van der Waals surface area contributed by atoms with Crippen molar-refractivity contribution >= 4 is 40.6 Å². The summed E-state index contributed by atoms with van der Waals surface area (Å²) in [6.07, 6.45) is 9.27. The van der Waals surface area contributed by atoms with Crippen LogP contribution in [-0.2, 0) is 10.2 Å². The molecular weight excluding hydrogens is 442 g/mol. The number of carbonyl (C=O) groups excluding carboxylic acids is 2. The van der Waals surface area contributed by atoms with Crippen LogP contribution in [0.25, 0.3) is 17.2 Å². The zero-order valence-corrected chi connectivity index (χ0v) is 19.1. The maximum Gasteiger partial charge on any atom is 0.290 e. The molecule has 2 amide bonds. The lowest BCUT2D eigenvalue weighted by Crippen LogP contribution is -2.48. The molecule has 0 radical (unpaired) electrons. The molecular formula is C26H24ClNO3S. The van der Waals surface area contributed by atoms with E-state index in [4.69, 9.17) is 11.6 Å². The first-order valence-corrected chi connectivity index (χ1v) is 12.5. The number of aromatic hydroxyl groups is 1. The molecule has 5 fully saturated rings. The summed E-state index contributed by atoms with van der Waals surface area (Å²) in [5.74, 6) is 2.26. The molecule has 32 heavy (non-hydrogen) atoms. The van der Waals surface area contributed by atoms with Crippen molar-refractivity contribution in [3.63, 3.8) is 0 Å². The topological polar surface area (TPSA) is 66.4 Å². The zero-order chi connectivity index (χ0) is 22.0. The van der Waals surface area contributed by atoms with Crippen molar-refractivity contribution in [2.24, 2.45) is 17.8 Å². The highest BCUT2D eigenvalue weighted by atomic mass is 35.5. The first-order chi connectivity index (χ1) is 15.4. The van der Waals surface area contributed by atoms with Crippen molar-refractivity contribution in [3.05, 3.63) is 57.5 Å². The second-order valence-corrected chi connectivity index (χ2v) is 11.4. The van der Waals surface area contributed by atoms with Gasteiger partial charge in [-0.1, -0.05) is 35.9 Å². The van der Waals surface area contributed by atoms with Gasteiger partial charge in [0.15, 0.2) is 0 Å². The lowest BCUT2D eigenvalue weighted by atomic mass is 9.48. The van der Waals surface area contributed by atoms with Crippen LogP contribution in [0.15, 0.2) is 41.3 Å². The zero-order valence-electron chi connectivity index (χ0n) is 17.6. The van der Waals surface area contributed by atoms with Crippen molar-refractivity contribution in [2.45, 2.75) is 43.9 Å². The van der Waals surface area contributed by atoms with E-state index in [1.807, 2.05) is 30.3 Å². The number of halogens is 1. The summed E-state index contributed by atoms with van der Waals surface area (Å²) in [6.45, 7) is 0. The number of thioether (sulfide) groups is 1. The average molecular weight is 466 g/mol. The monoisotopic (exact) mass is 465 g/mol. The second kappa shape index (κ2) is 7.39. The average Bonchev–Trinajstić information content (AvgIpc) is 3.06. The second-order valence-electron chi connectivity index (χ2n) is 10.0. The van der Waals surface area contributed by atoms with E-state index in [9.17, 15) is 14.7 Å². The molecule has 1 aliphatic heterocycles. The molecule has 4 bridgehead atoms. The largest absolute Gasteiger partial charge is 0.506 e. The molecule has 1 saturated heterocycles. The molecule has 7 rings (SSSR count). The van der Waals surface area contributed by atoms with Gasteiger partial charge in [-0.3, -0.25) is 14.9 Å². The van der Waals surface area contributed by atoms with E-state index >= 15 is 0 Å². The number of hydrogen-bond donors (Lipinski definition) is 2. The van der Waals surface area contributed by atoms with E-state index in [1.54, 1.807) is 6.08 Å². The molecule has 4 aliphatic carbocycles. The maximum atomic E-state index is 11.8. The summed E-state index contributed by atoms with van der Waals surface area (Å²) in [5.41, 5.74) is 3.96. The molecule has 2 aromatic carbocycles. The summed E-state index contributed by atoms with van der Waals surface area (Å²) >= 11 is 7.46. The molecule has 5 aliphatic rings. The number of hydrogen-bond acceptors (Lipinski definition) is 4. The van der Waals surface area contributed by atoms with Crippen LogP contribution in [0.5, 0.6) is 5.75 Å². The highest BCUT2D eigenvalue weighted by molar-refractivity contribution is 8.18. The Bertz CT molecular complexity index is 1140. The van der Waals surface area contributed by atoms with E-state index in [0.29, 0.717) is 9.93 Å². The van der Waals surface area contributed by atoms with Crippen molar-refractivity contribution in [1.82, 2.24) is 5.32 Å². The number of phenols is 1. The van der Waals surface area contributed by atoms with Crippen LogP contribution < -0.4 is 5.32 Å². The summed E-state index contributed by atoms with van der Waals surface area (Å²) < 4.78 is 0. The Morgan fingerprint density at radius 1 is 0.969 bits per heavy atom. The molecule has 4 nitrogen and oxygen atoms in total. The van der Waals surface area contributed by atoms with Gasteiger partial charge in [0.1, 0.15) is 5.75 Å². The number of amides is 2. The summed E-state index contributed by atoms with van der Waals surface area (Å²) in [5, 5.41) is 13.3. The Morgan fingerprint density at radius 3 is 2.16 bits per heavy atom. The number of phenolic OH excluding ortho intramolecular Hbond substituents is 1. The Morgan fingerprint density at radius 2 is 1.59 bits per heavy atom. The van der Waals surface area contributed by atoms with Crippen LogP contribution >= 0.6 is 23.4 Å². The van der Waals surface area contributed by atoms with Crippen LogP contribution in [0.3, 0.4) is 0 Å². The summed E-state index contributed by atoms with van der Waals surface area (Å²) in [4.78, 5) is 23.6. The third kappa shape index (κ3) is 3.37. The van der Waals surface area contributed by atoms with Gasteiger partial charge in [0.25, 0.3) is 11.1 Å². The first kappa shape index (κ1) is 20.4. The van der Waals surface area contributed by atoms with Crippen molar-refractivity contribution < 1.29 is 14.7 Å². The van der Waals surface area contributed by atoms with Gasteiger partial charge in [0, 0.05) is 5.56 Å². The van der Waals surface area contributed by atoms with Crippen LogP contribution in [-0.4, -0.2) is 16.3 Å². The van der Waals surface area contributed by atoms with Gasteiger partial charge in [0.05, 0.1) is 9.93 Å². The lowest BCUT2D eigenvalue weighted by molar-refractivity contribution is -0.115. The Labute approximate surface area is 196 Å². The number of benzene rings is 2. The Balaban J connectivity index is 1.34. The molecule has 2 N–H and O–H groups in total. The molecule has 6 heteroatoms. The maximum absolute atomic E-state index is 11.8. The van der Waals surface area contributed by atoms with Gasteiger partial charge in [-0.2, -0.15) is 0 Å². The van der Waals surface area contributed by atoms with Gasteiger partial charge < -0.3 is 5.11 Å². The fraction of sp³-hybridized carbons (Fsp3) is 0.385. The lowest BCUT2D eigenvalue weighted by Gasteiger charge is -2.57. The minimum atomic E-state index is -0.352. The van der Waals surface area contributed by atoms with Crippen LogP contribution in [0.2, 0.25) is 5.02 Å². The quantitative estimate of drug-likeness (QED) is 0.507. The SMILES string of the molecule is O=C1NC(=O)/C(=C/c2ccc(-c3cc(Cl)c(O)c(C45CC6CC(CC(C6)C4)C5)c3)cc2)S1. The van der Waals surface area contributed by atoms with Gasteiger partial charge in [-0.15, -0.1) is 0 Å². The standard InChI is InChI=1S/C26H24ClNO3S/c27-21-10-19(18-3-1-14(2-4-18)8-22-24(30)28-25(31)32-22)9-20(23(21)29)26-11-15-5-16(12-26)7-17(6-15)13-26/h1-4,8-10,15-17,29H,5-7,11-13H2,(H,28,30,31)/b22-8-. The number of imide groups is 1. The fourth-order valence-corrected chi connectivity index (χ4v) is 7.86. The van der Waals surface area contributed by atoms with Gasteiger partial charge in [-0.25, -0.2) is 0 Å². The molecule has 0 aromatic heterocycles. The molecule has 0 unspecified atom stereocenters. The van der Waals surface area contributed by atoms with Gasteiger partial charge in [0.2, 0.25) is 0 Å². The molecule has 2 aromatic rings. The fourth-order valence-electron chi connectivity index (χ4n) is 6.95. The highest BCUT2D eigenvalue weighted by Gasteiger charge is 2.52. The van der Waals surface area contributed by atoms with Crippen LogP contribution in [0, 0.1) is 17.8 Å². The normalized spacial score (nSPS) is 32.0. The minimum absolute atomic E-state index is 0.0580. The number of nitrogens with one attached hydrogen (secondary N) is 1. The van der Waals surface area contributed by atoms with E-state index in [-0.39, 0.29) is 22.3 Å². The van der Waals surface area contributed by atoms with Gasteiger partial charge in [-0.05, 0) is 108 Å². The van der Waals surface area contributed by atoms with Crippen molar-refractivity contribution in [1.29, 1.82) is 0 Å². The van der Waals surface area contributed by atoms with Crippen molar-refractivity contribution in [3.8, 4) is 16.9 Å². The first-order valence-electron chi connectivity index (χ1n) is 11.3. The molecule has 164 valence electrons. The third-order valence-corrected chi connectivity index (χ3v) is 8.96. The molecule has 0 spiro atoms. The Hall–Kier alpha value is -2.24. The number of carbonyl (C=O) groups is 2. The van der Waals surface area contributed by atoms with Crippen LogP contribution in [0.1, 0.15) is 49.7 Å². The van der Waals surface area contributed by atoms with E-state index in [2.05, 4.69) is 11.4 Å². The number of rotatable bonds is 3. The highest BCUT2D eigenvalue weighted by Crippen LogP contribution is 2.62. The smallest absolute Gasteiger partial charge is 0.290 e. The Kier molecular flexibility index (Phi) is 4.71. The molecule has 0 atom stereocenters. The predicted molar refractivity (Wildman–Crippen MR) is 128 cm³/mol. The predicted octanol–water partition coefficient (Wildman–Crippen LogP) is 6.50. The van der Waals surface area contributed by atoms with E-state index in [0.717, 1.165) is 71.0 Å². The van der Waals surface area contributed by atoms with Crippen molar-refractivity contribution in [2.75, 3.05) is 0 Å². The summed E-state index contributed by atoms with van der Waals surface area (Å²) in [7, 11) is 0. The van der Waals surface area contributed by atoms with Crippen LogP contribution in [0.4, 0.5) is 4.79 Å². The summed E-state index contributed by atoms with van der Waals surface area (Å²) in [6, 6.07) is 11.9. The third-order valence-electron chi connectivity index (χ3n) is 7.86.